The molecule has 0 bridgehead atoms. The summed E-state index contributed by atoms with van der Waals surface area (Å²) in [6.07, 6.45) is 1.36. The zero-order valence-corrected chi connectivity index (χ0v) is 16.7. The van der Waals surface area contributed by atoms with E-state index >= 15 is 0 Å². The number of benzene rings is 2. The fraction of sp³-hybridized carbons (Fsp3) is 0.182. The predicted octanol–water partition coefficient (Wildman–Crippen LogP) is 3.51. The zero-order chi connectivity index (χ0) is 22.3. The molecule has 2 heterocycles. The quantitative estimate of drug-likeness (QED) is 0.576. The standard InChI is InChI=1S/C22H19FN2O6/c1-30-16-6-11(7-17(31-2)21(16)27)14-9-18(26)24-19-15(22(28)29)10-25(20(14)19)13-5-3-4-12(23)8-13/h3-8,10,14,27H,9H2,1-2H3,(H,24,26)(H,28,29)/t14-/m0/s1. The average molecular weight is 426 g/mol. The third-order valence-electron chi connectivity index (χ3n) is 5.25. The Morgan fingerprint density at radius 2 is 1.87 bits per heavy atom. The number of hydrogen-bond donors (Lipinski definition) is 3. The molecule has 0 saturated carbocycles. The first-order valence-corrected chi connectivity index (χ1v) is 9.33. The van der Waals surface area contributed by atoms with E-state index in [-0.39, 0.29) is 40.8 Å². The minimum atomic E-state index is -1.23. The van der Waals surface area contributed by atoms with Crippen LogP contribution in [-0.4, -0.2) is 40.9 Å². The van der Waals surface area contributed by atoms with E-state index in [9.17, 15) is 24.2 Å². The lowest BCUT2D eigenvalue weighted by Gasteiger charge is -2.27. The number of fused-ring (bicyclic) bond motifs is 1. The number of aromatic nitrogens is 1. The maximum Gasteiger partial charge on any atom is 0.339 e. The first-order chi connectivity index (χ1) is 14.8. The van der Waals surface area contributed by atoms with Crippen molar-refractivity contribution in [3.8, 4) is 22.9 Å². The summed E-state index contributed by atoms with van der Waals surface area (Å²) in [6.45, 7) is 0. The number of aromatic carboxylic acids is 1. The molecule has 0 spiro atoms. The van der Waals surface area contributed by atoms with Crippen molar-refractivity contribution in [2.45, 2.75) is 12.3 Å². The number of nitrogens with zero attached hydrogens (tertiary/aromatic N) is 1. The van der Waals surface area contributed by atoms with Crippen LogP contribution in [0.4, 0.5) is 10.1 Å². The Balaban J connectivity index is 1.99. The molecule has 9 heteroatoms. The second kappa shape index (κ2) is 7.67. The molecule has 0 fully saturated rings. The molecule has 8 nitrogen and oxygen atoms in total. The Morgan fingerprint density at radius 1 is 1.19 bits per heavy atom. The molecular weight excluding hydrogens is 407 g/mol. The highest BCUT2D eigenvalue weighted by Gasteiger charge is 2.35. The molecular formula is C22H19FN2O6. The molecule has 31 heavy (non-hydrogen) atoms. The number of carboxylic acid groups (broad SMARTS) is 1. The molecule has 1 aliphatic rings. The summed E-state index contributed by atoms with van der Waals surface area (Å²) in [5.41, 5.74) is 1.47. The summed E-state index contributed by atoms with van der Waals surface area (Å²) in [4.78, 5) is 24.3. The fourth-order valence-electron chi connectivity index (χ4n) is 3.86. The average Bonchev–Trinajstić information content (AvgIpc) is 3.13. The number of anilines is 1. The van der Waals surface area contributed by atoms with Crippen molar-refractivity contribution in [3.05, 3.63) is 65.2 Å². The molecule has 3 N–H and O–H groups in total. The molecule has 0 aliphatic carbocycles. The molecule has 4 rings (SSSR count). The van der Waals surface area contributed by atoms with E-state index in [1.165, 1.54) is 38.6 Å². The number of hydrogen-bond acceptors (Lipinski definition) is 5. The highest BCUT2D eigenvalue weighted by atomic mass is 19.1. The number of carbonyl (C=O) groups excluding carboxylic acids is 1. The second-order valence-corrected chi connectivity index (χ2v) is 7.04. The van der Waals surface area contributed by atoms with Crippen LogP contribution < -0.4 is 14.8 Å². The molecule has 1 atom stereocenters. The molecule has 160 valence electrons. The van der Waals surface area contributed by atoms with Crippen LogP contribution in [0.5, 0.6) is 17.2 Å². The summed E-state index contributed by atoms with van der Waals surface area (Å²) in [5, 5.41) is 22.6. The van der Waals surface area contributed by atoms with Crippen LogP contribution >= 0.6 is 0 Å². The largest absolute Gasteiger partial charge is 0.502 e. The number of nitrogens with one attached hydrogen (secondary N) is 1. The van der Waals surface area contributed by atoms with E-state index in [0.717, 1.165) is 0 Å². The topological polar surface area (TPSA) is 110 Å². The number of phenols is 1. The van der Waals surface area contributed by atoms with Crippen LogP contribution in [0, 0.1) is 5.82 Å². The normalized spacial score (nSPS) is 15.2. The Labute approximate surface area is 176 Å². The first kappa shape index (κ1) is 20.3. The van der Waals surface area contributed by atoms with E-state index in [1.807, 2.05) is 0 Å². The van der Waals surface area contributed by atoms with Gasteiger partial charge < -0.3 is 29.6 Å². The van der Waals surface area contributed by atoms with Crippen molar-refractivity contribution in [2.75, 3.05) is 19.5 Å². The van der Waals surface area contributed by atoms with E-state index < -0.39 is 17.7 Å². The minimum absolute atomic E-state index is 0.00245. The van der Waals surface area contributed by atoms with Gasteiger partial charge >= 0.3 is 5.97 Å². The molecule has 1 amide bonds. The number of ether oxygens (including phenoxy) is 2. The lowest BCUT2D eigenvalue weighted by molar-refractivity contribution is -0.116. The number of rotatable bonds is 5. The van der Waals surface area contributed by atoms with E-state index in [2.05, 4.69) is 5.32 Å². The predicted molar refractivity (Wildman–Crippen MR) is 109 cm³/mol. The Hall–Kier alpha value is -4.01. The Kier molecular flexibility index (Phi) is 5.02. The molecule has 1 aromatic heterocycles. The molecule has 0 radical (unpaired) electrons. The smallest absolute Gasteiger partial charge is 0.339 e. The second-order valence-electron chi connectivity index (χ2n) is 7.04. The van der Waals surface area contributed by atoms with Crippen LogP contribution in [0.15, 0.2) is 42.6 Å². The van der Waals surface area contributed by atoms with Gasteiger partial charge in [-0.1, -0.05) is 6.07 Å². The summed E-state index contributed by atoms with van der Waals surface area (Å²) >= 11 is 0. The van der Waals surface area contributed by atoms with Gasteiger partial charge in [-0.3, -0.25) is 4.79 Å². The maximum atomic E-state index is 13.9. The van der Waals surface area contributed by atoms with Crippen LogP contribution in [0.3, 0.4) is 0 Å². The lowest BCUT2D eigenvalue weighted by Crippen LogP contribution is -2.25. The van der Waals surface area contributed by atoms with Crippen LogP contribution in [0.25, 0.3) is 5.69 Å². The van der Waals surface area contributed by atoms with Crippen molar-refractivity contribution in [1.82, 2.24) is 4.57 Å². The number of phenolic OH excluding ortho intramolecular Hbond substituents is 1. The number of carboxylic acids is 1. The van der Waals surface area contributed by atoms with Gasteiger partial charge in [0.15, 0.2) is 11.5 Å². The van der Waals surface area contributed by atoms with Crippen molar-refractivity contribution < 1.29 is 33.7 Å². The molecule has 3 aromatic rings. The van der Waals surface area contributed by atoms with Crippen LogP contribution in [0.1, 0.15) is 34.0 Å². The van der Waals surface area contributed by atoms with Gasteiger partial charge in [0.2, 0.25) is 11.7 Å². The van der Waals surface area contributed by atoms with E-state index in [0.29, 0.717) is 16.9 Å². The Morgan fingerprint density at radius 3 is 2.45 bits per heavy atom. The van der Waals surface area contributed by atoms with Crippen molar-refractivity contribution in [1.29, 1.82) is 0 Å². The van der Waals surface area contributed by atoms with Gasteiger partial charge in [-0.15, -0.1) is 0 Å². The third-order valence-corrected chi connectivity index (χ3v) is 5.25. The van der Waals surface area contributed by atoms with Crippen molar-refractivity contribution >= 4 is 17.6 Å². The number of amides is 1. The van der Waals surface area contributed by atoms with Crippen molar-refractivity contribution in [2.24, 2.45) is 0 Å². The number of carbonyl (C=O) groups is 2. The SMILES string of the molecule is COc1cc([C@@H]2CC(=O)Nc3c(C(=O)O)cn(-c4cccc(F)c4)c32)cc(OC)c1O. The van der Waals surface area contributed by atoms with Crippen molar-refractivity contribution in [3.63, 3.8) is 0 Å². The Bertz CT molecular complexity index is 1180. The van der Waals surface area contributed by atoms with Gasteiger partial charge in [-0.2, -0.15) is 0 Å². The first-order valence-electron chi connectivity index (χ1n) is 9.33. The van der Waals surface area contributed by atoms with Gasteiger partial charge in [0.25, 0.3) is 0 Å². The summed E-state index contributed by atoms with van der Waals surface area (Å²) in [6, 6.07) is 8.84. The molecule has 2 aromatic carbocycles. The van der Waals surface area contributed by atoms with Gasteiger partial charge in [0, 0.05) is 24.2 Å². The lowest BCUT2D eigenvalue weighted by atomic mass is 9.87. The third kappa shape index (κ3) is 3.43. The van der Waals surface area contributed by atoms with Gasteiger partial charge in [-0.25, -0.2) is 9.18 Å². The van der Waals surface area contributed by atoms with Gasteiger partial charge in [0.05, 0.1) is 25.6 Å². The number of halogens is 1. The zero-order valence-electron chi connectivity index (χ0n) is 16.7. The molecule has 1 aliphatic heterocycles. The van der Waals surface area contributed by atoms with E-state index in [4.69, 9.17) is 9.47 Å². The van der Waals surface area contributed by atoms with Crippen LogP contribution in [0.2, 0.25) is 0 Å². The van der Waals surface area contributed by atoms with Crippen LogP contribution in [-0.2, 0) is 4.79 Å². The maximum absolute atomic E-state index is 13.9. The number of methoxy groups -OCH3 is 2. The fourth-order valence-corrected chi connectivity index (χ4v) is 3.86. The van der Waals surface area contributed by atoms with Gasteiger partial charge in [0.1, 0.15) is 11.4 Å². The molecule has 0 unspecified atom stereocenters. The minimum Gasteiger partial charge on any atom is -0.502 e. The van der Waals surface area contributed by atoms with E-state index in [1.54, 1.807) is 22.8 Å². The molecule has 0 saturated heterocycles. The summed E-state index contributed by atoms with van der Waals surface area (Å²) < 4.78 is 25.9. The monoisotopic (exact) mass is 426 g/mol. The summed E-state index contributed by atoms with van der Waals surface area (Å²) in [7, 11) is 2.77. The summed E-state index contributed by atoms with van der Waals surface area (Å²) in [5.74, 6) is -2.60. The van der Waals surface area contributed by atoms with Gasteiger partial charge in [-0.05, 0) is 35.9 Å². The number of aromatic hydroxyl groups is 1. The highest BCUT2D eigenvalue weighted by molar-refractivity contribution is 6.04. The highest BCUT2D eigenvalue weighted by Crippen LogP contribution is 2.46.